The van der Waals surface area contributed by atoms with Crippen LogP contribution in [0.4, 0.5) is 0 Å². The van der Waals surface area contributed by atoms with Gasteiger partial charge in [-0.1, -0.05) is 60.7 Å². The summed E-state index contributed by atoms with van der Waals surface area (Å²) < 4.78 is 5.31. The number of ketones is 1. The second kappa shape index (κ2) is 5.67. The van der Waals surface area contributed by atoms with E-state index in [4.69, 9.17) is 4.74 Å². The van der Waals surface area contributed by atoms with Crippen LogP contribution in [0.3, 0.4) is 0 Å². The van der Waals surface area contributed by atoms with Crippen molar-refractivity contribution >= 4 is 5.78 Å². The molecule has 0 atom stereocenters. The number of hydrogen-bond acceptors (Lipinski definition) is 2. The van der Waals surface area contributed by atoms with E-state index < -0.39 is 0 Å². The van der Waals surface area contributed by atoms with E-state index in [9.17, 15) is 4.79 Å². The van der Waals surface area contributed by atoms with Gasteiger partial charge in [0, 0.05) is 17.3 Å². The fraction of sp³-hybridized carbons (Fsp3) is 0.0556. The van der Waals surface area contributed by atoms with Crippen LogP contribution in [0.5, 0.6) is 5.88 Å². The third kappa shape index (κ3) is 2.46. The lowest BCUT2D eigenvalue weighted by molar-refractivity contribution is 0.103. The normalized spacial score (nSPS) is 10.3. The van der Waals surface area contributed by atoms with Crippen LogP contribution in [0.15, 0.2) is 66.9 Å². The van der Waals surface area contributed by atoms with Gasteiger partial charge in [-0.05, 0) is 5.56 Å². The summed E-state index contributed by atoms with van der Waals surface area (Å²) in [6, 6.07) is 19.0. The minimum atomic E-state index is -0.0486. The quantitative estimate of drug-likeness (QED) is 0.734. The summed E-state index contributed by atoms with van der Waals surface area (Å²) >= 11 is 0. The second-order valence-electron chi connectivity index (χ2n) is 4.67. The predicted octanol–water partition coefficient (Wildman–Crippen LogP) is 3.92. The van der Waals surface area contributed by atoms with Crippen molar-refractivity contribution in [2.75, 3.05) is 7.11 Å². The summed E-state index contributed by atoms with van der Waals surface area (Å²) in [5, 5.41) is 0. The molecular formula is C18H15NO2. The van der Waals surface area contributed by atoms with Crippen molar-refractivity contribution in [1.29, 1.82) is 0 Å². The summed E-state index contributed by atoms with van der Waals surface area (Å²) in [5.74, 6) is 0.440. The van der Waals surface area contributed by atoms with Gasteiger partial charge in [0.2, 0.25) is 5.88 Å². The molecule has 0 aliphatic carbocycles. The van der Waals surface area contributed by atoms with Gasteiger partial charge in [-0.2, -0.15) is 0 Å². The average Bonchev–Trinajstić information content (AvgIpc) is 2.99. The zero-order chi connectivity index (χ0) is 14.7. The van der Waals surface area contributed by atoms with E-state index >= 15 is 0 Å². The molecule has 0 fully saturated rings. The molecule has 0 spiro atoms. The Morgan fingerprint density at radius 1 is 0.952 bits per heavy atom. The van der Waals surface area contributed by atoms with Crippen molar-refractivity contribution < 1.29 is 9.53 Å². The Kier molecular flexibility index (Phi) is 3.56. The second-order valence-corrected chi connectivity index (χ2v) is 4.67. The van der Waals surface area contributed by atoms with E-state index in [0.717, 1.165) is 11.1 Å². The lowest BCUT2D eigenvalue weighted by atomic mass is 9.98. The topological polar surface area (TPSA) is 42.1 Å². The summed E-state index contributed by atoms with van der Waals surface area (Å²) in [6.45, 7) is 0. The molecule has 0 saturated carbocycles. The fourth-order valence-corrected chi connectivity index (χ4v) is 2.37. The number of rotatable bonds is 4. The number of carbonyl (C=O) groups excluding carboxylic acids is 1. The summed E-state index contributed by atoms with van der Waals surface area (Å²) in [5.41, 5.74) is 3.04. The fourth-order valence-electron chi connectivity index (χ4n) is 2.37. The molecule has 3 heteroatoms. The van der Waals surface area contributed by atoms with E-state index in [-0.39, 0.29) is 5.78 Å². The van der Waals surface area contributed by atoms with E-state index in [1.54, 1.807) is 7.11 Å². The third-order valence-corrected chi connectivity index (χ3v) is 3.40. The first-order valence-corrected chi connectivity index (χ1v) is 6.72. The number of nitrogens with one attached hydrogen (secondary N) is 1. The maximum absolute atomic E-state index is 12.8. The van der Waals surface area contributed by atoms with Crippen molar-refractivity contribution in [2.45, 2.75) is 0 Å². The van der Waals surface area contributed by atoms with Crippen LogP contribution in [-0.2, 0) is 0 Å². The molecule has 1 N–H and O–H groups in total. The van der Waals surface area contributed by atoms with Crippen LogP contribution in [0.25, 0.3) is 11.1 Å². The molecule has 3 rings (SSSR count). The molecule has 0 bridgehead atoms. The van der Waals surface area contributed by atoms with Crippen LogP contribution in [0.2, 0.25) is 0 Å². The Morgan fingerprint density at radius 2 is 1.57 bits per heavy atom. The smallest absolute Gasteiger partial charge is 0.202 e. The Bertz CT molecular complexity index is 745. The van der Waals surface area contributed by atoms with Gasteiger partial charge in [0.15, 0.2) is 5.78 Å². The Balaban J connectivity index is 2.13. The van der Waals surface area contributed by atoms with Crippen LogP contribution < -0.4 is 4.74 Å². The van der Waals surface area contributed by atoms with Gasteiger partial charge < -0.3 is 9.72 Å². The van der Waals surface area contributed by atoms with Gasteiger partial charge in [-0.3, -0.25) is 4.79 Å². The number of H-pyrrole nitrogens is 1. The average molecular weight is 277 g/mol. The van der Waals surface area contributed by atoms with Gasteiger partial charge in [0.1, 0.15) is 0 Å². The number of aromatic amines is 1. The highest BCUT2D eigenvalue weighted by atomic mass is 16.5. The number of carbonyl (C=O) groups is 1. The van der Waals surface area contributed by atoms with Crippen LogP contribution in [-0.4, -0.2) is 17.9 Å². The van der Waals surface area contributed by atoms with Crippen molar-refractivity contribution in [2.24, 2.45) is 0 Å². The SMILES string of the molecule is COc1[nH]cc(-c2ccccc2)c1C(=O)c1ccccc1. The van der Waals surface area contributed by atoms with Gasteiger partial charge in [-0.15, -0.1) is 0 Å². The standard InChI is InChI=1S/C18H15NO2/c1-21-18-16(17(20)14-10-6-3-7-11-14)15(12-19-18)13-8-4-2-5-9-13/h2-12,19H,1H3. The highest BCUT2D eigenvalue weighted by molar-refractivity contribution is 6.14. The van der Waals surface area contributed by atoms with Gasteiger partial charge >= 0.3 is 0 Å². The minimum absolute atomic E-state index is 0.0486. The first-order valence-electron chi connectivity index (χ1n) is 6.72. The molecular weight excluding hydrogens is 262 g/mol. The lowest BCUT2D eigenvalue weighted by Crippen LogP contribution is -2.03. The maximum Gasteiger partial charge on any atom is 0.202 e. The molecule has 2 aromatic carbocycles. The van der Waals surface area contributed by atoms with Crippen molar-refractivity contribution in [1.82, 2.24) is 4.98 Å². The third-order valence-electron chi connectivity index (χ3n) is 3.40. The van der Waals surface area contributed by atoms with E-state index in [0.29, 0.717) is 17.0 Å². The molecule has 0 amide bonds. The molecule has 104 valence electrons. The number of aromatic nitrogens is 1. The van der Waals surface area contributed by atoms with E-state index in [1.807, 2.05) is 66.9 Å². The Labute approximate surface area is 123 Å². The monoisotopic (exact) mass is 277 g/mol. The highest BCUT2D eigenvalue weighted by Gasteiger charge is 2.21. The zero-order valence-corrected chi connectivity index (χ0v) is 11.7. The Hall–Kier alpha value is -2.81. The molecule has 21 heavy (non-hydrogen) atoms. The summed E-state index contributed by atoms with van der Waals surface area (Å²) in [4.78, 5) is 15.8. The lowest BCUT2D eigenvalue weighted by Gasteiger charge is -2.06. The van der Waals surface area contributed by atoms with Crippen LogP contribution in [0, 0.1) is 0 Å². The first-order chi connectivity index (χ1) is 10.3. The van der Waals surface area contributed by atoms with Crippen LogP contribution >= 0.6 is 0 Å². The number of hydrogen-bond donors (Lipinski definition) is 1. The maximum atomic E-state index is 12.8. The number of ether oxygens (including phenoxy) is 1. The first kappa shape index (κ1) is 13.2. The molecule has 0 saturated heterocycles. The Morgan fingerprint density at radius 3 is 2.19 bits per heavy atom. The molecule has 0 unspecified atom stereocenters. The highest BCUT2D eigenvalue weighted by Crippen LogP contribution is 2.32. The number of benzene rings is 2. The largest absolute Gasteiger partial charge is 0.482 e. The van der Waals surface area contributed by atoms with Crippen LogP contribution in [0.1, 0.15) is 15.9 Å². The molecule has 3 nitrogen and oxygen atoms in total. The molecule has 0 aliphatic heterocycles. The molecule has 1 heterocycles. The minimum Gasteiger partial charge on any atom is -0.482 e. The summed E-state index contributed by atoms with van der Waals surface area (Å²) in [6.07, 6.45) is 1.81. The predicted molar refractivity (Wildman–Crippen MR) is 82.7 cm³/mol. The van der Waals surface area contributed by atoms with E-state index in [2.05, 4.69) is 4.98 Å². The van der Waals surface area contributed by atoms with Crippen molar-refractivity contribution in [3.8, 4) is 17.0 Å². The van der Waals surface area contributed by atoms with Crippen molar-refractivity contribution in [3.63, 3.8) is 0 Å². The summed E-state index contributed by atoms with van der Waals surface area (Å²) in [7, 11) is 1.56. The molecule has 3 aromatic rings. The van der Waals surface area contributed by atoms with Crippen molar-refractivity contribution in [3.05, 3.63) is 78.0 Å². The molecule has 0 aliphatic rings. The van der Waals surface area contributed by atoms with Gasteiger partial charge in [0.05, 0.1) is 12.7 Å². The zero-order valence-electron chi connectivity index (χ0n) is 11.7. The van der Waals surface area contributed by atoms with Gasteiger partial charge in [0.25, 0.3) is 0 Å². The molecule has 0 radical (unpaired) electrons. The number of methoxy groups -OCH3 is 1. The van der Waals surface area contributed by atoms with Gasteiger partial charge in [-0.25, -0.2) is 0 Å². The van der Waals surface area contributed by atoms with E-state index in [1.165, 1.54) is 0 Å². The molecule has 1 aromatic heterocycles.